The van der Waals surface area contributed by atoms with Crippen LogP contribution in [0.1, 0.15) is 29.7 Å². The van der Waals surface area contributed by atoms with Crippen molar-refractivity contribution in [2.75, 3.05) is 10.6 Å². The number of hydrogen-bond acceptors (Lipinski definition) is 4. The molecule has 6 heteroatoms. The summed E-state index contributed by atoms with van der Waals surface area (Å²) in [5, 5.41) is 11.2. The van der Waals surface area contributed by atoms with E-state index in [1.807, 2.05) is 78.3 Å². The van der Waals surface area contributed by atoms with Crippen molar-refractivity contribution in [3.8, 4) is 11.4 Å². The summed E-state index contributed by atoms with van der Waals surface area (Å²) in [7, 11) is 0. The van der Waals surface area contributed by atoms with Gasteiger partial charge in [-0.2, -0.15) is 4.98 Å². The Morgan fingerprint density at radius 1 is 0.909 bits per heavy atom. The fourth-order valence-electron chi connectivity index (χ4n) is 4.11. The Hall–Kier alpha value is -4.19. The minimum Gasteiger partial charge on any atom is -0.328 e. The molecule has 0 aliphatic carbocycles. The van der Waals surface area contributed by atoms with Gasteiger partial charge in [0.15, 0.2) is 5.82 Å². The third-order valence-electron chi connectivity index (χ3n) is 6.01. The third kappa shape index (κ3) is 3.91. The molecule has 0 fully saturated rings. The first-order valence-corrected chi connectivity index (χ1v) is 10.9. The molecule has 1 aliphatic rings. The zero-order valence-electron chi connectivity index (χ0n) is 18.8. The minimum atomic E-state index is -0.404. The van der Waals surface area contributed by atoms with E-state index >= 15 is 0 Å². The Morgan fingerprint density at radius 3 is 2.30 bits per heavy atom. The smallest absolute Gasteiger partial charge is 0.255 e. The highest BCUT2D eigenvalue weighted by molar-refractivity contribution is 6.06. The summed E-state index contributed by atoms with van der Waals surface area (Å²) >= 11 is 0. The van der Waals surface area contributed by atoms with Crippen molar-refractivity contribution in [1.82, 2.24) is 14.8 Å². The molecule has 0 bridgehead atoms. The number of benzene rings is 3. The van der Waals surface area contributed by atoms with E-state index in [1.165, 1.54) is 11.1 Å². The summed E-state index contributed by atoms with van der Waals surface area (Å²) in [6.07, 6.45) is 0. The normalized spacial score (nSPS) is 15.1. The highest BCUT2D eigenvalue weighted by Crippen LogP contribution is 2.36. The van der Waals surface area contributed by atoms with Crippen LogP contribution < -0.4 is 10.6 Å². The van der Waals surface area contributed by atoms with E-state index in [0.717, 1.165) is 22.5 Å². The van der Waals surface area contributed by atoms with E-state index < -0.39 is 6.04 Å². The number of carbonyl (C=O) groups excluding carboxylic acids is 1. The largest absolute Gasteiger partial charge is 0.328 e. The number of carbonyl (C=O) groups is 1. The first kappa shape index (κ1) is 20.7. The molecule has 1 amide bonds. The van der Waals surface area contributed by atoms with Crippen LogP contribution in [0, 0.1) is 13.8 Å². The van der Waals surface area contributed by atoms with Crippen LogP contribution >= 0.6 is 0 Å². The van der Waals surface area contributed by atoms with Crippen molar-refractivity contribution in [2.24, 2.45) is 0 Å². The number of aromatic nitrogens is 3. The number of hydrogen-bond donors (Lipinski definition) is 2. The molecule has 5 rings (SSSR count). The quantitative estimate of drug-likeness (QED) is 0.445. The maximum atomic E-state index is 13.5. The first-order valence-electron chi connectivity index (χ1n) is 10.9. The Labute approximate surface area is 193 Å². The van der Waals surface area contributed by atoms with Crippen LogP contribution in [0.4, 0.5) is 11.6 Å². The number of fused-ring (bicyclic) bond motifs is 1. The summed E-state index contributed by atoms with van der Waals surface area (Å²) in [4.78, 5) is 18.2. The number of anilines is 2. The second-order valence-corrected chi connectivity index (χ2v) is 8.30. The lowest BCUT2D eigenvalue weighted by molar-refractivity contribution is -0.113. The van der Waals surface area contributed by atoms with Crippen LogP contribution in [-0.4, -0.2) is 20.7 Å². The molecule has 0 saturated heterocycles. The number of aryl methyl sites for hydroxylation is 2. The van der Waals surface area contributed by atoms with E-state index in [0.29, 0.717) is 17.3 Å². The molecule has 1 aliphatic heterocycles. The van der Waals surface area contributed by atoms with Gasteiger partial charge in [0, 0.05) is 16.9 Å². The van der Waals surface area contributed by atoms with Gasteiger partial charge in [-0.05, 0) is 55.7 Å². The summed E-state index contributed by atoms with van der Waals surface area (Å²) < 4.78 is 1.81. The van der Waals surface area contributed by atoms with Crippen LogP contribution in [0.3, 0.4) is 0 Å². The molecule has 3 aromatic carbocycles. The molecular weight excluding hydrogens is 410 g/mol. The van der Waals surface area contributed by atoms with E-state index in [9.17, 15) is 4.79 Å². The predicted octanol–water partition coefficient (Wildman–Crippen LogP) is 5.49. The second-order valence-electron chi connectivity index (χ2n) is 8.30. The lowest BCUT2D eigenvalue weighted by Crippen LogP contribution is -2.31. The fraction of sp³-hybridized carbons (Fsp3) is 0.148. The first-order chi connectivity index (χ1) is 16.0. The molecule has 1 atom stereocenters. The number of allylic oxidation sites excluding steroid dienone is 1. The Bertz CT molecular complexity index is 1360. The van der Waals surface area contributed by atoms with Crippen LogP contribution in [0.5, 0.6) is 0 Å². The predicted molar refractivity (Wildman–Crippen MR) is 131 cm³/mol. The number of nitrogens with zero attached hydrogens (tertiary/aromatic N) is 3. The van der Waals surface area contributed by atoms with Crippen molar-refractivity contribution >= 4 is 17.5 Å². The standard InChI is InChI=1S/C27H25N5O/c1-17-14-15-21(16-18(17)2)25-30-27-28-19(3)23(26(33)29-22-12-8-5-9-13-22)24(32(27)31-25)20-10-6-4-7-11-20/h4-16,24H,1-3H3,(H,29,33)(H,28,30,31). The minimum absolute atomic E-state index is 0.172. The molecule has 164 valence electrons. The van der Waals surface area contributed by atoms with Crippen molar-refractivity contribution in [3.63, 3.8) is 0 Å². The lowest BCUT2D eigenvalue weighted by Gasteiger charge is -2.28. The molecule has 1 unspecified atom stereocenters. The third-order valence-corrected chi connectivity index (χ3v) is 6.01. The van der Waals surface area contributed by atoms with Gasteiger partial charge in [0.05, 0.1) is 5.57 Å². The molecule has 33 heavy (non-hydrogen) atoms. The summed E-state index contributed by atoms with van der Waals surface area (Å²) in [6.45, 7) is 6.07. The summed E-state index contributed by atoms with van der Waals surface area (Å²) in [6, 6.07) is 25.2. The molecule has 0 radical (unpaired) electrons. The van der Waals surface area contributed by atoms with Gasteiger partial charge in [-0.3, -0.25) is 4.79 Å². The number of para-hydroxylation sites is 1. The number of rotatable bonds is 4. The van der Waals surface area contributed by atoms with E-state index in [-0.39, 0.29) is 5.91 Å². The van der Waals surface area contributed by atoms with Crippen LogP contribution in [0.25, 0.3) is 11.4 Å². The van der Waals surface area contributed by atoms with Crippen molar-refractivity contribution < 1.29 is 4.79 Å². The molecule has 0 spiro atoms. The lowest BCUT2D eigenvalue weighted by atomic mass is 9.95. The highest BCUT2D eigenvalue weighted by Gasteiger charge is 2.34. The molecule has 2 N–H and O–H groups in total. The van der Waals surface area contributed by atoms with Gasteiger partial charge in [-0.1, -0.05) is 60.7 Å². The zero-order valence-corrected chi connectivity index (χ0v) is 18.8. The van der Waals surface area contributed by atoms with Crippen LogP contribution in [0.15, 0.2) is 90.1 Å². The van der Waals surface area contributed by atoms with Crippen LogP contribution in [-0.2, 0) is 4.79 Å². The fourth-order valence-corrected chi connectivity index (χ4v) is 4.11. The molecule has 6 nitrogen and oxygen atoms in total. The van der Waals surface area contributed by atoms with Gasteiger partial charge in [-0.25, -0.2) is 4.68 Å². The Kier molecular flexibility index (Phi) is 5.26. The maximum absolute atomic E-state index is 13.5. The Balaban J connectivity index is 1.59. The SMILES string of the molecule is CC1=C(C(=O)Nc2ccccc2)C(c2ccccc2)n2nc(-c3ccc(C)c(C)c3)nc2N1. The van der Waals surface area contributed by atoms with Gasteiger partial charge in [0.1, 0.15) is 6.04 Å². The second kappa shape index (κ2) is 8.39. The van der Waals surface area contributed by atoms with Crippen molar-refractivity contribution in [3.05, 3.63) is 107 Å². The van der Waals surface area contributed by atoms with Crippen LogP contribution in [0.2, 0.25) is 0 Å². The molecule has 0 saturated carbocycles. The summed E-state index contributed by atoms with van der Waals surface area (Å²) in [5.41, 5.74) is 6.43. The van der Waals surface area contributed by atoms with Gasteiger partial charge in [0.25, 0.3) is 5.91 Å². The highest BCUT2D eigenvalue weighted by atomic mass is 16.1. The number of amides is 1. The molecule has 2 heterocycles. The number of nitrogens with one attached hydrogen (secondary N) is 2. The average molecular weight is 436 g/mol. The molecule has 4 aromatic rings. The van der Waals surface area contributed by atoms with Crippen molar-refractivity contribution in [1.29, 1.82) is 0 Å². The van der Waals surface area contributed by atoms with Gasteiger partial charge in [0.2, 0.25) is 5.95 Å². The molecule has 1 aromatic heterocycles. The van der Waals surface area contributed by atoms with Crippen molar-refractivity contribution in [2.45, 2.75) is 26.8 Å². The maximum Gasteiger partial charge on any atom is 0.255 e. The van der Waals surface area contributed by atoms with E-state index in [2.05, 4.69) is 36.6 Å². The van der Waals surface area contributed by atoms with E-state index in [4.69, 9.17) is 10.1 Å². The van der Waals surface area contributed by atoms with E-state index in [1.54, 1.807) is 0 Å². The Morgan fingerprint density at radius 2 is 1.61 bits per heavy atom. The monoisotopic (exact) mass is 435 g/mol. The average Bonchev–Trinajstić information content (AvgIpc) is 3.24. The summed E-state index contributed by atoms with van der Waals surface area (Å²) in [5.74, 6) is 1.07. The van der Waals surface area contributed by atoms with Gasteiger partial charge >= 0.3 is 0 Å². The topological polar surface area (TPSA) is 71.8 Å². The zero-order chi connectivity index (χ0) is 22.9. The van der Waals surface area contributed by atoms with Gasteiger partial charge < -0.3 is 10.6 Å². The molecular formula is C27H25N5O. The van der Waals surface area contributed by atoms with Gasteiger partial charge in [-0.15, -0.1) is 5.10 Å².